The molecule has 0 aliphatic carbocycles. The number of carbonyl (C=O) groups is 3. The maximum absolute atomic E-state index is 12.5. The molecule has 7 heteroatoms. The Labute approximate surface area is 201 Å². The van der Waals surface area contributed by atoms with Crippen LogP contribution in [-0.4, -0.2) is 28.6 Å². The second kappa shape index (κ2) is 10.7. The summed E-state index contributed by atoms with van der Waals surface area (Å²) in [6.07, 6.45) is 0. The fourth-order valence-electron chi connectivity index (χ4n) is 3.47. The molecule has 0 radical (unpaired) electrons. The van der Waals surface area contributed by atoms with Gasteiger partial charge in [-0.05, 0) is 52.7 Å². The molecule has 0 saturated heterocycles. The molecule has 6 nitrogen and oxygen atoms in total. The Hall–Kier alpha value is -4.10. The molecule has 0 atom stereocenters. The lowest BCUT2D eigenvalue weighted by atomic mass is 10.1. The first-order chi connectivity index (χ1) is 16.5. The molecule has 0 aromatic heterocycles. The van der Waals surface area contributed by atoms with E-state index in [1.54, 1.807) is 36.4 Å². The van der Waals surface area contributed by atoms with E-state index in [1.807, 2.05) is 12.1 Å². The van der Waals surface area contributed by atoms with Crippen molar-refractivity contribution in [2.24, 2.45) is 0 Å². The predicted molar refractivity (Wildman–Crippen MR) is 137 cm³/mol. The SMILES string of the molecule is O=C(CSCc1ccc2ccccc2c1)Nc1ccc(C(=O)Nc2ccccc2C(=O)O)cc1. The average molecular weight is 471 g/mol. The van der Waals surface area contributed by atoms with Crippen molar-refractivity contribution in [1.29, 1.82) is 0 Å². The van der Waals surface area contributed by atoms with Crippen molar-refractivity contribution in [3.63, 3.8) is 0 Å². The van der Waals surface area contributed by atoms with Crippen LogP contribution in [0.25, 0.3) is 10.8 Å². The summed E-state index contributed by atoms with van der Waals surface area (Å²) in [5.74, 6) is -0.640. The summed E-state index contributed by atoms with van der Waals surface area (Å²) in [6.45, 7) is 0. The molecule has 0 heterocycles. The van der Waals surface area contributed by atoms with E-state index in [4.69, 9.17) is 0 Å². The van der Waals surface area contributed by atoms with Crippen LogP contribution >= 0.6 is 11.8 Å². The smallest absolute Gasteiger partial charge is 0.337 e. The van der Waals surface area contributed by atoms with Gasteiger partial charge in [-0.1, -0.05) is 54.6 Å². The number of carboxylic acids is 1. The van der Waals surface area contributed by atoms with Crippen LogP contribution in [0.2, 0.25) is 0 Å². The highest BCUT2D eigenvalue weighted by molar-refractivity contribution is 7.99. The molecule has 170 valence electrons. The first kappa shape index (κ1) is 23.1. The van der Waals surface area contributed by atoms with Gasteiger partial charge in [0.1, 0.15) is 0 Å². The lowest BCUT2D eigenvalue weighted by Crippen LogP contribution is -2.16. The van der Waals surface area contributed by atoms with Crippen LogP contribution in [0.1, 0.15) is 26.3 Å². The Morgan fingerprint density at radius 2 is 1.47 bits per heavy atom. The molecule has 4 aromatic rings. The van der Waals surface area contributed by atoms with Crippen LogP contribution in [0.15, 0.2) is 91.0 Å². The van der Waals surface area contributed by atoms with Gasteiger partial charge in [-0.15, -0.1) is 11.8 Å². The molecule has 2 amide bonds. The second-order valence-corrected chi connectivity index (χ2v) is 8.59. The average Bonchev–Trinajstić information content (AvgIpc) is 2.84. The Kier molecular flexibility index (Phi) is 7.25. The number of para-hydroxylation sites is 1. The van der Waals surface area contributed by atoms with Gasteiger partial charge in [-0.2, -0.15) is 0 Å². The second-order valence-electron chi connectivity index (χ2n) is 7.60. The fraction of sp³-hybridized carbons (Fsp3) is 0.0741. The van der Waals surface area contributed by atoms with E-state index >= 15 is 0 Å². The van der Waals surface area contributed by atoms with Crippen molar-refractivity contribution in [2.75, 3.05) is 16.4 Å². The quantitative estimate of drug-likeness (QED) is 0.309. The summed E-state index contributed by atoms with van der Waals surface area (Å²) < 4.78 is 0. The highest BCUT2D eigenvalue weighted by atomic mass is 32.2. The number of carbonyl (C=O) groups excluding carboxylic acids is 2. The molecule has 4 aromatic carbocycles. The Morgan fingerprint density at radius 1 is 0.765 bits per heavy atom. The minimum Gasteiger partial charge on any atom is -0.478 e. The van der Waals surface area contributed by atoms with Gasteiger partial charge in [-0.3, -0.25) is 9.59 Å². The van der Waals surface area contributed by atoms with Gasteiger partial charge in [0.25, 0.3) is 5.91 Å². The zero-order valence-electron chi connectivity index (χ0n) is 18.2. The standard InChI is InChI=1S/C27H22N2O4S/c30-25(17-34-16-18-9-10-19-5-1-2-6-21(19)15-18)28-22-13-11-20(12-14-22)26(31)29-24-8-4-3-7-23(24)27(32)33/h1-15H,16-17H2,(H,28,30)(H,29,31)(H,32,33). The first-order valence-electron chi connectivity index (χ1n) is 10.6. The molecule has 0 aliphatic heterocycles. The molecule has 0 bridgehead atoms. The number of rotatable bonds is 8. The van der Waals surface area contributed by atoms with Gasteiger partial charge >= 0.3 is 5.97 Å². The zero-order valence-corrected chi connectivity index (χ0v) is 19.0. The van der Waals surface area contributed by atoms with E-state index in [1.165, 1.54) is 34.7 Å². The number of nitrogens with one attached hydrogen (secondary N) is 2. The maximum atomic E-state index is 12.5. The van der Waals surface area contributed by atoms with Crippen LogP contribution in [0.4, 0.5) is 11.4 Å². The lowest BCUT2D eigenvalue weighted by molar-refractivity contribution is -0.113. The van der Waals surface area contributed by atoms with Crippen molar-refractivity contribution >= 4 is 51.7 Å². The van der Waals surface area contributed by atoms with E-state index in [9.17, 15) is 19.5 Å². The molecule has 0 saturated carbocycles. The molecule has 0 fully saturated rings. The Balaban J connectivity index is 1.28. The third kappa shape index (κ3) is 5.82. The Bertz CT molecular complexity index is 1350. The van der Waals surface area contributed by atoms with E-state index in [0.29, 0.717) is 17.0 Å². The van der Waals surface area contributed by atoms with E-state index in [-0.39, 0.29) is 17.2 Å². The third-order valence-corrected chi connectivity index (χ3v) is 6.16. The van der Waals surface area contributed by atoms with E-state index in [0.717, 1.165) is 11.3 Å². The van der Waals surface area contributed by atoms with E-state index in [2.05, 4.69) is 41.0 Å². The predicted octanol–water partition coefficient (Wildman–Crippen LogP) is 5.66. The van der Waals surface area contributed by atoms with E-state index < -0.39 is 11.9 Å². The number of carboxylic acid groups (broad SMARTS) is 1. The largest absolute Gasteiger partial charge is 0.478 e. The molecule has 0 aliphatic rings. The number of anilines is 2. The minimum absolute atomic E-state index is 0.0147. The molecular weight excluding hydrogens is 448 g/mol. The molecule has 3 N–H and O–H groups in total. The van der Waals surface area contributed by atoms with Crippen LogP contribution in [-0.2, 0) is 10.5 Å². The molecule has 34 heavy (non-hydrogen) atoms. The van der Waals surface area contributed by atoms with Gasteiger partial charge in [0.2, 0.25) is 5.91 Å². The fourth-order valence-corrected chi connectivity index (χ4v) is 4.24. The number of benzene rings is 4. The molecule has 0 spiro atoms. The summed E-state index contributed by atoms with van der Waals surface area (Å²) in [7, 11) is 0. The van der Waals surface area contributed by atoms with Crippen molar-refractivity contribution in [3.8, 4) is 0 Å². The van der Waals surface area contributed by atoms with Crippen molar-refractivity contribution < 1.29 is 19.5 Å². The van der Waals surface area contributed by atoms with Gasteiger partial charge in [0, 0.05) is 17.0 Å². The molecule has 0 unspecified atom stereocenters. The Morgan fingerprint density at radius 3 is 2.24 bits per heavy atom. The van der Waals surface area contributed by atoms with Crippen LogP contribution in [0.3, 0.4) is 0 Å². The minimum atomic E-state index is -1.12. The number of thioether (sulfide) groups is 1. The van der Waals surface area contributed by atoms with Crippen molar-refractivity contribution in [2.45, 2.75) is 5.75 Å². The summed E-state index contributed by atoms with van der Waals surface area (Å²) in [5, 5.41) is 17.1. The molecular formula is C27H22N2O4S. The first-order valence-corrected chi connectivity index (χ1v) is 11.7. The van der Waals surface area contributed by atoms with Crippen molar-refractivity contribution in [3.05, 3.63) is 108 Å². The summed E-state index contributed by atoms with van der Waals surface area (Å²) in [6, 6.07) is 27.1. The van der Waals surface area contributed by atoms with Gasteiger partial charge in [0.15, 0.2) is 0 Å². The zero-order chi connectivity index (χ0) is 23.9. The number of aromatic carboxylic acids is 1. The van der Waals surface area contributed by atoms with Crippen molar-refractivity contribution in [1.82, 2.24) is 0 Å². The highest BCUT2D eigenvalue weighted by Gasteiger charge is 2.13. The summed E-state index contributed by atoms with van der Waals surface area (Å²) in [4.78, 5) is 36.1. The number of fused-ring (bicyclic) bond motifs is 1. The highest BCUT2D eigenvalue weighted by Crippen LogP contribution is 2.20. The topological polar surface area (TPSA) is 95.5 Å². The van der Waals surface area contributed by atoms with Crippen LogP contribution < -0.4 is 10.6 Å². The van der Waals surface area contributed by atoms with Crippen LogP contribution in [0.5, 0.6) is 0 Å². The molecule has 4 rings (SSSR count). The number of amides is 2. The summed E-state index contributed by atoms with van der Waals surface area (Å²) in [5.41, 5.74) is 2.33. The maximum Gasteiger partial charge on any atom is 0.337 e. The monoisotopic (exact) mass is 470 g/mol. The third-order valence-electron chi connectivity index (χ3n) is 5.15. The van der Waals surface area contributed by atoms with Gasteiger partial charge in [0.05, 0.1) is 17.0 Å². The van der Waals surface area contributed by atoms with Crippen LogP contribution in [0, 0.1) is 0 Å². The number of hydrogen-bond donors (Lipinski definition) is 3. The normalized spacial score (nSPS) is 10.6. The lowest BCUT2D eigenvalue weighted by Gasteiger charge is -2.09. The number of hydrogen-bond acceptors (Lipinski definition) is 4. The summed E-state index contributed by atoms with van der Waals surface area (Å²) >= 11 is 1.53. The van der Waals surface area contributed by atoms with Gasteiger partial charge < -0.3 is 15.7 Å². The van der Waals surface area contributed by atoms with Gasteiger partial charge in [-0.25, -0.2) is 4.79 Å².